The second kappa shape index (κ2) is 11.9. The fraction of sp³-hybridized carbons (Fsp3) is 0.435. The van der Waals surface area contributed by atoms with Crippen LogP contribution in [0.5, 0.6) is 17.2 Å². The molecule has 2 aromatic rings. The van der Waals surface area contributed by atoms with Crippen LogP contribution in [-0.4, -0.2) is 25.3 Å². The summed E-state index contributed by atoms with van der Waals surface area (Å²) in [6.07, 6.45) is 4.98. The van der Waals surface area contributed by atoms with E-state index in [9.17, 15) is 0 Å². The summed E-state index contributed by atoms with van der Waals surface area (Å²) in [6, 6.07) is 13.5. The van der Waals surface area contributed by atoms with Crippen LogP contribution in [0.4, 0.5) is 5.69 Å². The first-order valence-electron chi connectivity index (χ1n) is 10.2. The van der Waals surface area contributed by atoms with Crippen LogP contribution in [-0.2, 0) is 6.54 Å². The molecule has 0 saturated heterocycles. The van der Waals surface area contributed by atoms with Crippen molar-refractivity contribution in [2.45, 2.75) is 58.3 Å². The Bertz CT molecular complexity index is 819. The van der Waals surface area contributed by atoms with Crippen LogP contribution in [0.15, 0.2) is 47.5 Å². The van der Waals surface area contributed by atoms with E-state index in [1.54, 1.807) is 7.11 Å². The highest BCUT2D eigenvalue weighted by Gasteiger charge is 2.20. The molecule has 164 valence electrons. The topological polar surface area (TPSA) is 78.1 Å². The van der Waals surface area contributed by atoms with Crippen molar-refractivity contribution in [3.8, 4) is 17.2 Å². The fourth-order valence-electron chi connectivity index (χ4n) is 3.40. The molecule has 0 spiro atoms. The number of hydrogen-bond acceptors (Lipinski definition) is 4. The van der Waals surface area contributed by atoms with Crippen molar-refractivity contribution in [1.29, 1.82) is 0 Å². The average Bonchev–Trinajstić information content (AvgIpc) is 3.21. The van der Waals surface area contributed by atoms with Crippen LogP contribution in [0.3, 0.4) is 0 Å². The number of halogens is 1. The minimum absolute atomic E-state index is 0. The van der Waals surface area contributed by atoms with Gasteiger partial charge in [0.05, 0.1) is 25.9 Å². The molecule has 1 saturated carbocycles. The van der Waals surface area contributed by atoms with E-state index in [-0.39, 0.29) is 36.2 Å². The lowest BCUT2D eigenvalue weighted by Gasteiger charge is -2.18. The van der Waals surface area contributed by atoms with Gasteiger partial charge in [-0.05, 0) is 69.9 Å². The number of rotatable bonds is 8. The third kappa shape index (κ3) is 6.97. The van der Waals surface area contributed by atoms with Gasteiger partial charge in [0.25, 0.3) is 0 Å². The largest absolute Gasteiger partial charge is 0.493 e. The molecule has 1 aliphatic rings. The molecule has 0 heterocycles. The van der Waals surface area contributed by atoms with Crippen LogP contribution in [0, 0.1) is 0 Å². The molecule has 6 nitrogen and oxygen atoms in total. The Labute approximate surface area is 196 Å². The fourth-order valence-corrected chi connectivity index (χ4v) is 3.40. The SMILES string of the molecule is COc1cccc(CN=C(N)Nc2ccc(OC(C)C)cc2)c1OC1CCCC1.I. The number of nitrogens with one attached hydrogen (secondary N) is 1. The second-order valence-corrected chi connectivity index (χ2v) is 7.49. The number of hydrogen-bond donors (Lipinski definition) is 2. The lowest BCUT2D eigenvalue weighted by atomic mass is 10.1. The highest BCUT2D eigenvalue weighted by Crippen LogP contribution is 2.35. The quantitative estimate of drug-likeness (QED) is 0.276. The summed E-state index contributed by atoms with van der Waals surface area (Å²) in [5.41, 5.74) is 7.91. The van der Waals surface area contributed by atoms with Crippen molar-refractivity contribution in [2.24, 2.45) is 10.7 Å². The summed E-state index contributed by atoms with van der Waals surface area (Å²) in [6.45, 7) is 4.41. The lowest BCUT2D eigenvalue weighted by molar-refractivity contribution is 0.198. The molecule has 0 bridgehead atoms. The van der Waals surface area contributed by atoms with Crippen LogP contribution < -0.4 is 25.3 Å². The average molecular weight is 525 g/mol. The molecule has 1 aliphatic carbocycles. The Morgan fingerprint density at radius 3 is 2.47 bits per heavy atom. The Hall–Kier alpha value is -2.16. The van der Waals surface area contributed by atoms with Crippen LogP contribution in [0.25, 0.3) is 0 Å². The zero-order valence-electron chi connectivity index (χ0n) is 17.9. The molecule has 1 fully saturated rings. The van der Waals surface area contributed by atoms with E-state index >= 15 is 0 Å². The number of methoxy groups -OCH3 is 1. The van der Waals surface area contributed by atoms with E-state index in [1.165, 1.54) is 12.8 Å². The predicted octanol–water partition coefficient (Wildman–Crippen LogP) is 5.35. The maximum atomic E-state index is 6.25. The Morgan fingerprint density at radius 2 is 1.83 bits per heavy atom. The van der Waals surface area contributed by atoms with Crippen molar-refractivity contribution in [1.82, 2.24) is 0 Å². The van der Waals surface area contributed by atoms with Gasteiger partial charge in [0.2, 0.25) is 0 Å². The minimum Gasteiger partial charge on any atom is -0.493 e. The van der Waals surface area contributed by atoms with E-state index in [1.807, 2.05) is 56.3 Å². The molecular weight excluding hydrogens is 493 g/mol. The highest BCUT2D eigenvalue weighted by molar-refractivity contribution is 14.0. The normalized spacial score (nSPS) is 14.3. The number of aliphatic imine (C=N–C) groups is 1. The van der Waals surface area contributed by atoms with Crippen LogP contribution >= 0.6 is 24.0 Å². The summed E-state index contributed by atoms with van der Waals surface area (Å²) in [4.78, 5) is 4.49. The second-order valence-electron chi connectivity index (χ2n) is 7.49. The van der Waals surface area contributed by atoms with Gasteiger partial charge in [0, 0.05) is 11.3 Å². The van der Waals surface area contributed by atoms with Gasteiger partial charge in [-0.1, -0.05) is 12.1 Å². The van der Waals surface area contributed by atoms with E-state index < -0.39 is 0 Å². The van der Waals surface area contributed by atoms with E-state index in [0.717, 1.165) is 41.3 Å². The molecule has 3 rings (SSSR count). The number of para-hydroxylation sites is 1. The van der Waals surface area contributed by atoms with Crippen molar-refractivity contribution >= 4 is 35.6 Å². The Kier molecular flexibility index (Phi) is 9.55. The summed E-state index contributed by atoms with van der Waals surface area (Å²) in [5.74, 6) is 2.67. The van der Waals surface area contributed by atoms with E-state index in [4.69, 9.17) is 19.9 Å². The Balaban J connectivity index is 0.00000320. The van der Waals surface area contributed by atoms with Gasteiger partial charge in [0.15, 0.2) is 17.5 Å². The molecule has 0 aliphatic heterocycles. The standard InChI is InChI=1S/C23H31N3O3.HI/c1-16(2)28-20-13-11-18(12-14-20)26-23(24)25-15-17-7-6-10-21(27-3)22(17)29-19-8-4-5-9-19;/h6-7,10-14,16,19H,4-5,8-9,15H2,1-3H3,(H3,24,25,26);1H. The van der Waals surface area contributed by atoms with Gasteiger partial charge in [0.1, 0.15) is 5.75 Å². The number of nitrogens with two attached hydrogens (primary N) is 1. The number of anilines is 1. The van der Waals surface area contributed by atoms with E-state index in [2.05, 4.69) is 10.3 Å². The molecule has 2 aromatic carbocycles. The maximum Gasteiger partial charge on any atom is 0.193 e. The zero-order chi connectivity index (χ0) is 20.6. The third-order valence-corrected chi connectivity index (χ3v) is 4.79. The molecule has 7 heteroatoms. The number of guanidine groups is 1. The van der Waals surface area contributed by atoms with Gasteiger partial charge in [-0.25, -0.2) is 4.99 Å². The highest BCUT2D eigenvalue weighted by atomic mass is 127. The molecule has 0 atom stereocenters. The summed E-state index contributed by atoms with van der Waals surface area (Å²) in [5, 5.41) is 3.11. The third-order valence-electron chi connectivity index (χ3n) is 4.79. The smallest absolute Gasteiger partial charge is 0.193 e. The molecule has 0 amide bonds. The number of benzene rings is 2. The van der Waals surface area contributed by atoms with Crippen molar-refractivity contribution in [3.05, 3.63) is 48.0 Å². The first-order chi connectivity index (χ1) is 14.0. The van der Waals surface area contributed by atoms with Gasteiger partial charge in [-0.3, -0.25) is 0 Å². The summed E-state index contributed by atoms with van der Waals surface area (Å²) >= 11 is 0. The summed E-state index contributed by atoms with van der Waals surface area (Å²) in [7, 11) is 1.66. The van der Waals surface area contributed by atoms with Gasteiger partial charge >= 0.3 is 0 Å². The van der Waals surface area contributed by atoms with Crippen LogP contribution in [0.2, 0.25) is 0 Å². The van der Waals surface area contributed by atoms with Gasteiger partial charge in [-0.15, -0.1) is 24.0 Å². The lowest BCUT2D eigenvalue weighted by Crippen LogP contribution is -2.22. The number of nitrogens with zero attached hydrogens (tertiary/aromatic N) is 1. The molecule has 0 radical (unpaired) electrons. The van der Waals surface area contributed by atoms with Gasteiger partial charge in [-0.2, -0.15) is 0 Å². The van der Waals surface area contributed by atoms with Crippen molar-refractivity contribution in [3.63, 3.8) is 0 Å². The zero-order valence-corrected chi connectivity index (χ0v) is 20.2. The summed E-state index contributed by atoms with van der Waals surface area (Å²) < 4.78 is 17.4. The molecule has 0 unspecified atom stereocenters. The van der Waals surface area contributed by atoms with Crippen molar-refractivity contribution < 1.29 is 14.2 Å². The molecule has 30 heavy (non-hydrogen) atoms. The van der Waals surface area contributed by atoms with E-state index in [0.29, 0.717) is 12.5 Å². The maximum absolute atomic E-state index is 6.25. The monoisotopic (exact) mass is 525 g/mol. The molecule has 0 aromatic heterocycles. The number of ether oxygens (including phenoxy) is 3. The first-order valence-corrected chi connectivity index (χ1v) is 10.2. The van der Waals surface area contributed by atoms with Crippen molar-refractivity contribution in [2.75, 3.05) is 12.4 Å². The minimum atomic E-state index is 0. The van der Waals surface area contributed by atoms with Crippen LogP contribution in [0.1, 0.15) is 45.1 Å². The molecule has 3 N–H and O–H groups in total. The predicted molar refractivity (Wildman–Crippen MR) is 132 cm³/mol. The van der Waals surface area contributed by atoms with Gasteiger partial charge < -0.3 is 25.3 Å². The Morgan fingerprint density at radius 1 is 1.13 bits per heavy atom. The molecular formula is C23H32IN3O3. The first kappa shape index (κ1) is 24.1.